The van der Waals surface area contributed by atoms with E-state index in [0.717, 1.165) is 10.9 Å². The second kappa shape index (κ2) is 5.85. The summed E-state index contributed by atoms with van der Waals surface area (Å²) in [5.74, 6) is 2.57. The van der Waals surface area contributed by atoms with Crippen LogP contribution in [0.4, 0.5) is 0 Å². The van der Waals surface area contributed by atoms with Crippen LogP contribution < -0.4 is 5.32 Å². The molecule has 0 aromatic heterocycles. The van der Waals surface area contributed by atoms with Crippen LogP contribution in [0.15, 0.2) is 28.7 Å². The zero-order valence-electron chi connectivity index (χ0n) is 8.26. The SMILES string of the molecule is C#CCNC(C)Cc1ccc(Br)cc1. The third-order valence-electron chi connectivity index (χ3n) is 2.01. The molecule has 1 aromatic rings. The molecule has 14 heavy (non-hydrogen) atoms. The lowest BCUT2D eigenvalue weighted by Gasteiger charge is -2.11. The smallest absolute Gasteiger partial charge is 0.0575 e. The van der Waals surface area contributed by atoms with Crippen molar-refractivity contribution >= 4 is 15.9 Å². The first-order valence-electron chi connectivity index (χ1n) is 4.63. The fourth-order valence-electron chi connectivity index (χ4n) is 1.28. The molecular weight excluding hydrogens is 238 g/mol. The van der Waals surface area contributed by atoms with Crippen LogP contribution in [0, 0.1) is 12.3 Å². The number of benzene rings is 1. The highest BCUT2D eigenvalue weighted by Crippen LogP contribution is 2.11. The summed E-state index contributed by atoms with van der Waals surface area (Å²) < 4.78 is 1.12. The quantitative estimate of drug-likeness (QED) is 0.812. The molecule has 1 nitrogen and oxygen atoms in total. The van der Waals surface area contributed by atoms with E-state index in [2.05, 4.69) is 58.4 Å². The van der Waals surface area contributed by atoms with Gasteiger partial charge in [0.1, 0.15) is 0 Å². The van der Waals surface area contributed by atoms with E-state index in [9.17, 15) is 0 Å². The van der Waals surface area contributed by atoms with Crippen LogP contribution in [-0.2, 0) is 6.42 Å². The molecule has 1 aromatic carbocycles. The van der Waals surface area contributed by atoms with Crippen LogP contribution in [0.25, 0.3) is 0 Å². The van der Waals surface area contributed by atoms with Crippen molar-refractivity contribution in [3.63, 3.8) is 0 Å². The summed E-state index contributed by atoms with van der Waals surface area (Å²) in [5, 5.41) is 3.25. The van der Waals surface area contributed by atoms with Gasteiger partial charge in [-0.2, -0.15) is 0 Å². The van der Waals surface area contributed by atoms with E-state index >= 15 is 0 Å². The Balaban J connectivity index is 2.44. The van der Waals surface area contributed by atoms with Gasteiger partial charge in [-0.05, 0) is 31.0 Å². The number of hydrogen-bond acceptors (Lipinski definition) is 1. The molecule has 2 heteroatoms. The Bertz CT molecular complexity index is 310. The Kier molecular flexibility index (Phi) is 4.72. The first kappa shape index (κ1) is 11.3. The van der Waals surface area contributed by atoms with Gasteiger partial charge in [-0.15, -0.1) is 6.42 Å². The van der Waals surface area contributed by atoms with Crippen molar-refractivity contribution in [2.75, 3.05) is 6.54 Å². The number of rotatable bonds is 4. The van der Waals surface area contributed by atoms with E-state index in [1.807, 2.05) is 0 Å². The first-order chi connectivity index (χ1) is 6.72. The Hall–Kier alpha value is -0.780. The zero-order chi connectivity index (χ0) is 10.4. The van der Waals surface area contributed by atoms with Gasteiger partial charge in [-0.1, -0.05) is 34.0 Å². The maximum atomic E-state index is 5.17. The lowest BCUT2D eigenvalue weighted by Crippen LogP contribution is -2.28. The lowest BCUT2D eigenvalue weighted by molar-refractivity contribution is 0.585. The highest BCUT2D eigenvalue weighted by molar-refractivity contribution is 9.10. The van der Waals surface area contributed by atoms with Crippen LogP contribution in [0.2, 0.25) is 0 Å². The van der Waals surface area contributed by atoms with Crippen LogP contribution in [0.1, 0.15) is 12.5 Å². The summed E-state index contributed by atoms with van der Waals surface area (Å²) in [7, 11) is 0. The number of nitrogens with one attached hydrogen (secondary N) is 1. The number of terminal acetylenes is 1. The number of hydrogen-bond donors (Lipinski definition) is 1. The highest BCUT2D eigenvalue weighted by Gasteiger charge is 2.01. The van der Waals surface area contributed by atoms with Crippen molar-refractivity contribution in [1.29, 1.82) is 0 Å². The van der Waals surface area contributed by atoms with E-state index in [1.165, 1.54) is 5.56 Å². The molecule has 0 amide bonds. The van der Waals surface area contributed by atoms with Gasteiger partial charge < -0.3 is 5.32 Å². The normalized spacial score (nSPS) is 12.1. The van der Waals surface area contributed by atoms with Crippen molar-refractivity contribution in [1.82, 2.24) is 5.32 Å². The Labute approximate surface area is 94.0 Å². The molecule has 0 spiro atoms. The molecule has 0 bridgehead atoms. The van der Waals surface area contributed by atoms with Gasteiger partial charge in [-0.3, -0.25) is 0 Å². The molecular formula is C12H14BrN. The molecule has 1 unspecified atom stereocenters. The molecule has 74 valence electrons. The predicted molar refractivity (Wildman–Crippen MR) is 64.1 cm³/mol. The summed E-state index contributed by atoms with van der Waals surface area (Å²) in [4.78, 5) is 0. The van der Waals surface area contributed by atoms with Crippen molar-refractivity contribution in [3.05, 3.63) is 34.3 Å². The van der Waals surface area contributed by atoms with Gasteiger partial charge in [0.25, 0.3) is 0 Å². The minimum absolute atomic E-state index is 0.423. The minimum atomic E-state index is 0.423. The Morgan fingerprint density at radius 2 is 2.07 bits per heavy atom. The largest absolute Gasteiger partial charge is 0.303 e. The van der Waals surface area contributed by atoms with Gasteiger partial charge in [0.05, 0.1) is 6.54 Å². The van der Waals surface area contributed by atoms with Crippen LogP contribution in [0.3, 0.4) is 0 Å². The second-order valence-electron chi connectivity index (χ2n) is 3.32. The highest BCUT2D eigenvalue weighted by atomic mass is 79.9. The molecule has 0 aliphatic rings. The van der Waals surface area contributed by atoms with Gasteiger partial charge in [0, 0.05) is 10.5 Å². The Morgan fingerprint density at radius 3 is 2.64 bits per heavy atom. The molecule has 1 atom stereocenters. The van der Waals surface area contributed by atoms with Crippen LogP contribution in [0.5, 0.6) is 0 Å². The molecule has 0 saturated carbocycles. The molecule has 0 saturated heterocycles. The summed E-state index contributed by atoms with van der Waals surface area (Å²) in [6, 6.07) is 8.79. The Morgan fingerprint density at radius 1 is 1.43 bits per heavy atom. The van der Waals surface area contributed by atoms with Crippen LogP contribution >= 0.6 is 15.9 Å². The van der Waals surface area contributed by atoms with Crippen molar-refractivity contribution in [3.8, 4) is 12.3 Å². The minimum Gasteiger partial charge on any atom is -0.303 e. The monoisotopic (exact) mass is 251 g/mol. The molecule has 1 rings (SSSR count). The predicted octanol–water partition coefficient (Wildman–Crippen LogP) is 2.60. The van der Waals surface area contributed by atoms with Gasteiger partial charge >= 0.3 is 0 Å². The summed E-state index contributed by atoms with van der Waals surface area (Å²) >= 11 is 3.41. The molecule has 1 N–H and O–H groups in total. The van der Waals surface area contributed by atoms with Crippen molar-refractivity contribution in [2.24, 2.45) is 0 Å². The fourth-order valence-corrected chi connectivity index (χ4v) is 1.54. The average Bonchev–Trinajstić information content (AvgIpc) is 2.18. The standard InChI is InChI=1S/C12H14BrN/c1-3-8-14-10(2)9-11-4-6-12(13)7-5-11/h1,4-7,10,14H,8-9H2,2H3. The van der Waals surface area contributed by atoms with Gasteiger partial charge in [0.15, 0.2) is 0 Å². The fraction of sp³-hybridized carbons (Fsp3) is 0.333. The summed E-state index contributed by atoms with van der Waals surface area (Å²) in [6.07, 6.45) is 6.18. The zero-order valence-corrected chi connectivity index (χ0v) is 9.84. The third-order valence-corrected chi connectivity index (χ3v) is 2.54. The van der Waals surface area contributed by atoms with Crippen molar-refractivity contribution < 1.29 is 0 Å². The van der Waals surface area contributed by atoms with E-state index in [0.29, 0.717) is 12.6 Å². The summed E-state index contributed by atoms with van der Waals surface area (Å²) in [5.41, 5.74) is 1.32. The first-order valence-corrected chi connectivity index (χ1v) is 5.43. The topological polar surface area (TPSA) is 12.0 Å². The molecule has 0 aliphatic carbocycles. The van der Waals surface area contributed by atoms with E-state index < -0.39 is 0 Å². The van der Waals surface area contributed by atoms with Gasteiger partial charge in [0.2, 0.25) is 0 Å². The summed E-state index contributed by atoms with van der Waals surface area (Å²) in [6.45, 7) is 2.77. The maximum Gasteiger partial charge on any atom is 0.0575 e. The average molecular weight is 252 g/mol. The lowest BCUT2D eigenvalue weighted by atomic mass is 10.1. The van der Waals surface area contributed by atoms with E-state index in [-0.39, 0.29) is 0 Å². The molecule has 0 fully saturated rings. The molecule has 0 aliphatic heterocycles. The second-order valence-corrected chi connectivity index (χ2v) is 4.23. The third kappa shape index (κ3) is 3.95. The van der Waals surface area contributed by atoms with E-state index in [4.69, 9.17) is 6.42 Å². The number of halogens is 1. The van der Waals surface area contributed by atoms with Crippen molar-refractivity contribution in [2.45, 2.75) is 19.4 Å². The molecule has 0 radical (unpaired) electrons. The maximum absolute atomic E-state index is 5.17. The molecule has 0 heterocycles. The van der Waals surface area contributed by atoms with Gasteiger partial charge in [-0.25, -0.2) is 0 Å². The van der Waals surface area contributed by atoms with Crippen LogP contribution in [-0.4, -0.2) is 12.6 Å². The van der Waals surface area contributed by atoms with E-state index in [1.54, 1.807) is 0 Å².